The third-order valence-corrected chi connectivity index (χ3v) is 7.57. The minimum atomic E-state index is -4.71. The second kappa shape index (κ2) is 12.6. The molecule has 1 atom stereocenters. The molecule has 5 rings (SSSR count). The van der Waals surface area contributed by atoms with Crippen molar-refractivity contribution in [2.75, 3.05) is 44.8 Å². The average molecular weight is 606 g/mol. The molecule has 1 unspecified atom stereocenters. The molecule has 11 nitrogen and oxygen atoms in total. The number of ether oxygens (including phenoxy) is 4. The van der Waals surface area contributed by atoms with Crippen LogP contribution in [0.4, 0.5) is 24.7 Å². The number of benzene rings is 2. The van der Waals surface area contributed by atoms with Crippen molar-refractivity contribution < 1.29 is 37.0 Å². The highest BCUT2D eigenvalue weighted by atomic mass is 19.4. The molecule has 1 aromatic heterocycles. The van der Waals surface area contributed by atoms with Gasteiger partial charge in [0.25, 0.3) is 0 Å². The van der Waals surface area contributed by atoms with Crippen LogP contribution in [-0.4, -0.2) is 77.3 Å². The van der Waals surface area contributed by atoms with Gasteiger partial charge in [-0.1, -0.05) is 0 Å². The van der Waals surface area contributed by atoms with Crippen molar-refractivity contribution in [3.63, 3.8) is 0 Å². The van der Waals surface area contributed by atoms with Crippen LogP contribution in [-0.2, 0) is 6.54 Å². The summed E-state index contributed by atoms with van der Waals surface area (Å²) in [5, 5.41) is 10.9. The summed E-state index contributed by atoms with van der Waals surface area (Å²) >= 11 is 0. The highest BCUT2D eigenvalue weighted by Crippen LogP contribution is 2.32. The Bertz CT molecular complexity index is 1350. The van der Waals surface area contributed by atoms with Gasteiger partial charge in [-0.2, -0.15) is 0 Å². The van der Waals surface area contributed by atoms with E-state index >= 15 is 0 Å². The predicted molar refractivity (Wildman–Crippen MR) is 151 cm³/mol. The molecule has 3 heterocycles. The molecule has 2 aliphatic heterocycles. The van der Waals surface area contributed by atoms with Crippen molar-refractivity contribution in [2.24, 2.45) is 0 Å². The largest absolute Gasteiger partial charge is 0.573 e. The smallest absolute Gasteiger partial charge is 0.494 e. The lowest BCUT2D eigenvalue weighted by Crippen LogP contribution is -2.43. The summed E-state index contributed by atoms with van der Waals surface area (Å²) in [6, 6.07) is 14.1. The van der Waals surface area contributed by atoms with Gasteiger partial charge in [0, 0.05) is 36.3 Å². The number of alkyl halides is 3. The number of hydrogen-bond acceptors (Lipinski definition) is 9. The first-order valence-electron chi connectivity index (χ1n) is 14.0. The van der Waals surface area contributed by atoms with Crippen LogP contribution in [0.3, 0.4) is 0 Å². The van der Waals surface area contributed by atoms with Crippen molar-refractivity contribution in [3.8, 4) is 23.3 Å². The molecule has 0 bridgehead atoms. The number of rotatable bonds is 12. The van der Waals surface area contributed by atoms with E-state index in [9.17, 15) is 23.3 Å². The number of hydrogen-bond donors (Lipinski definition) is 0. The number of nitrogens with zero attached hydrogens (tertiary/aromatic N) is 5. The summed E-state index contributed by atoms with van der Waals surface area (Å²) in [6.45, 7) is 5.75. The van der Waals surface area contributed by atoms with Gasteiger partial charge in [-0.15, -0.1) is 13.2 Å². The van der Waals surface area contributed by atoms with Crippen molar-refractivity contribution in [1.82, 2.24) is 14.5 Å². The lowest BCUT2D eigenvalue weighted by atomic mass is 10.0. The third-order valence-electron chi connectivity index (χ3n) is 7.57. The van der Waals surface area contributed by atoms with E-state index in [0.29, 0.717) is 30.7 Å². The van der Waals surface area contributed by atoms with Crippen LogP contribution < -0.4 is 23.8 Å². The Labute approximate surface area is 246 Å². The first-order valence-corrected chi connectivity index (χ1v) is 14.0. The van der Waals surface area contributed by atoms with Crippen LogP contribution in [0.2, 0.25) is 0 Å². The fourth-order valence-electron chi connectivity index (χ4n) is 5.33. The molecule has 0 saturated carbocycles. The van der Waals surface area contributed by atoms with Crippen LogP contribution in [0.25, 0.3) is 0 Å². The van der Waals surface area contributed by atoms with Gasteiger partial charge in [0.2, 0.25) is 0 Å². The van der Waals surface area contributed by atoms with Crippen molar-refractivity contribution >= 4 is 11.5 Å². The quantitative estimate of drug-likeness (QED) is 0.155. The monoisotopic (exact) mass is 605 g/mol. The van der Waals surface area contributed by atoms with Crippen molar-refractivity contribution in [1.29, 1.82) is 0 Å². The van der Waals surface area contributed by atoms with Crippen LogP contribution in [0.1, 0.15) is 26.2 Å². The summed E-state index contributed by atoms with van der Waals surface area (Å²) in [5.74, 6) is 0.713. The minimum absolute atomic E-state index is 0.225. The second-order valence-electron chi connectivity index (χ2n) is 11.0. The molecule has 232 valence electrons. The first kappa shape index (κ1) is 30.3. The number of imidazole rings is 1. The maximum Gasteiger partial charge on any atom is 0.573 e. The molecule has 0 spiro atoms. The van der Waals surface area contributed by atoms with Crippen molar-refractivity contribution in [3.05, 3.63) is 64.8 Å². The molecule has 1 saturated heterocycles. The maximum atomic E-state index is 12.3. The lowest BCUT2D eigenvalue weighted by Gasteiger charge is -2.38. The van der Waals surface area contributed by atoms with Crippen LogP contribution in [0, 0.1) is 10.1 Å². The van der Waals surface area contributed by atoms with E-state index in [0.717, 1.165) is 44.6 Å². The summed E-state index contributed by atoms with van der Waals surface area (Å²) in [7, 11) is 2.11. The van der Waals surface area contributed by atoms with Crippen LogP contribution in [0.15, 0.2) is 54.7 Å². The summed E-state index contributed by atoms with van der Waals surface area (Å²) in [5.41, 5.74) is 0.459. The molecular weight excluding hydrogens is 571 g/mol. The van der Waals surface area contributed by atoms with E-state index < -0.39 is 16.9 Å². The molecule has 0 radical (unpaired) electrons. The number of nitro groups is 1. The Morgan fingerprint density at radius 3 is 2.33 bits per heavy atom. The number of anilines is 1. The zero-order valence-corrected chi connectivity index (χ0v) is 24.0. The van der Waals surface area contributed by atoms with E-state index in [1.54, 1.807) is 4.57 Å². The summed E-state index contributed by atoms with van der Waals surface area (Å²) in [4.78, 5) is 19.0. The van der Waals surface area contributed by atoms with Crippen LogP contribution >= 0.6 is 0 Å². The zero-order valence-electron chi connectivity index (χ0n) is 24.0. The topological polar surface area (TPSA) is 104 Å². The van der Waals surface area contributed by atoms with Crippen molar-refractivity contribution in [2.45, 2.75) is 50.7 Å². The van der Waals surface area contributed by atoms with Gasteiger partial charge < -0.3 is 38.9 Å². The molecule has 43 heavy (non-hydrogen) atoms. The zero-order chi connectivity index (χ0) is 30.6. The van der Waals surface area contributed by atoms with Crippen LogP contribution in [0.5, 0.6) is 23.3 Å². The molecule has 14 heteroatoms. The molecule has 0 amide bonds. The summed E-state index contributed by atoms with van der Waals surface area (Å²) < 4.78 is 59.8. The van der Waals surface area contributed by atoms with Gasteiger partial charge in [-0.25, -0.2) is 0 Å². The fraction of sp³-hybridized carbons (Fsp3) is 0.483. The fourth-order valence-corrected chi connectivity index (χ4v) is 5.33. The Morgan fingerprint density at radius 2 is 1.70 bits per heavy atom. The standard InChI is InChI=1S/C29H34F3N5O6/c1-28(19-36-18-26(37(38)39)33-27(36)43-28)20-41-24-6-4-22(5-7-24)35-15-12-21(13-16-35)34(2)14-3-17-40-23-8-10-25(11-9-23)42-29(30,31)32/h4-11,18,21H,3,12-17,19-20H2,1-2H3. The second-order valence-corrected chi connectivity index (χ2v) is 11.0. The molecule has 2 aliphatic rings. The van der Waals surface area contributed by atoms with Gasteiger partial charge in [0.1, 0.15) is 30.1 Å². The van der Waals surface area contributed by atoms with Gasteiger partial charge in [-0.05, 0) is 86.7 Å². The predicted octanol–water partition coefficient (Wildman–Crippen LogP) is 5.29. The molecule has 0 aliphatic carbocycles. The van der Waals surface area contributed by atoms with Gasteiger partial charge >= 0.3 is 18.2 Å². The SMILES string of the molecule is CN(CCCOc1ccc(OC(F)(F)F)cc1)C1CCN(c2ccc(OCC3(C)Cn4cc([N+](=O)[O-])nc4O3)cc2)CC1. The number of halogens is 3. The van der Waals surface area contributed by atoms with E-state index in [-0.39, 0.29) is 24.2 Å². The highest BCUT2D eigenvalue weighted by Gasteiger charge is 2.41. The van der Waals surface area contributed by atoms with E-state index in [2.05, 4.69) is 26.6 Å². The Kier molecular flexibility index (Phi) is 8.85. The lowest BCUT2D eigenvalue weighted by molar-refractivity contribution is -0.389. The molecule has 3 aromatic rings. The molecular formula is C29H34F3N5O6. The number of aromatic nitrogens is 2. The first-order chi connectivity index (χ1) is 20.5. The van der Waals surface area contributed by atoms with Gasteiger partial charge in [-0.3, -0.25) is 4.57 Å². The highest BCUT2D eigenvalue weighted by molar-refractivity contribution is 5.49. The average Bonchev–Trinajstić information content (AvgIpc) is 3.50. The number of fused-ring (bicyclic) bond motifs is 1. The molecule has 2 aromatic carbocycles. The Morgan fingerprint density at radius 1 is 1.07 bits per heavy atom. The minimum Gasteiger partial charge on any atom is -0.494 e. The molecule has 0 N–H and O–H groups in total. The Balaban J connectivity index is 0.992. The Hall–Kier alpha value is -4.20. The van der Waals surface area contributed by atoms with E-state index in [1.807, 2.05) is 31.2 Å². The third kappa shape index (κ3) is 8.00. The van der Waals surface area contributed by atoms with Gasteiger partial charge in [0.05, 0.1) is 13.2 Å². The normalized spacial score (nSPS) is 18.8. The van der Waals surface area contributed by atoms with E-state index in [1.165, 1.54) is 30.5 Å². The summed E-state index contributed by atoms with van der Waals surface area (Å²) in [6.07, 6.45) is -0.487. The maximum absolute atomic E-state index is 12.3. The van der Waals surface area contributed by atoms with Gasteiger partial charge in [0.15, 0.2) is 5.60 Å². The van der Waals surface area contributed by atoms with E-state index in [4.69, 9.17) is 14.2 Å². The molecule has 1 fully saturated rings. The number of piperidine rings is 1.